The Morgan fingerprint density at radius 2 is 1.83 bits per heavy atom. The van der Waals surface area contributed by atoms with Crippen LogP contribution in [0.15, 0.2) is 47.1 Å². The van der Waals surface area contributed by atoms with E-state index >= 15 is 0 Å². The molecule has 2 amide bonds. The number of benzene rings is 1. The number of carbonyl (C=O) groups is 3. The second-order valence-corrected chi connectivity index (χ2v) is 7.30. The number of hydrogen-bond acceptors (Lipinski definition) is 6. The molecule has 156 valence electrons. The first-order valence-corrected chi connectivity index (χ1v) is 9.82. The lowest BCUT2D eigenvalue weighted by atomic mass is 9.83. The lowest BCUT2D eigenvalue weighted by molar-refractivity contribution is -0.130. The van der Waals surface area contributed by atoms with E-state index in [1.165, 1.54) is 31.4 Å². The van der Waals surface area contributed by atoms with E-state index < -0.39 is 29.4 Å². The van der Waals surface area contributed by atoms with Crippen LogP contribution < -0.4 is 10.6 Å². The fourth-order valence-corrected chi connectivity index (χ4v) is 3.33. The minimum absolute atomic E-state index is 0.173. The molecule has 1 aromatic carbocycles. The number of nitrogens with one attached hydrogen (secondary N) is 2. The van der Waals surface area contributed by atoms with Crippen molar-refractivity contribution in [3.8, 4) is 6.07 Å². The van der Waals surface area contributed by atoms with Gasteiger partial charge in [-0.15, -0.1) is 0 Å². The van der Waals surface area contributed by atoms with Gasteiger partial charge in [-0.1, -0.05) is 19.3 Å². The Bertz CT molecular complexity index is 938. The van der Waals surface area contributed by atoms with Gasteiger partial charge < -0.3 is 19.8 Å². The van der Waals surface area contributed by atoms with Crippen LogP contribution >= 0.6 is 0 Å². The van der Waals surface area contributed by atoms with Gasteiger partial charge in [-0.2, -0.15) is 5.26 Å². The number of rotatable bonds is 6. The lowest BCUT2D eigenvalue weighted by Crippen LogP contribution is -2.52. The molecule has 0 unspecified atom stereocenters. The van der Waals surface area contributed by atoms with Gasteiger partial charge in [-0.25, -0.2) is 4.79 Å². The number of esters is 1. The molecule has 1 aliphatic rings. The summed E-state index contributed by atoms with van der Waals surface area (Å²) < 4.78 is 10.3. The molecular weight excluding hydrogens is 386 g/mol. The summed E-state index contributed by atoms with van der Waals surface area (Å²) in [5.41, 5.74) is -0.172. The van der Waals surface area contributed by atoms with E-state index in [1.807, 2.05) is 0 Å². The third-order valence-electron chi connectivity index (χ3n) is 5.06. The van der Waals surface area contributed by atoms with Crippen LogP contribution in [0.5, 0.6) is 0 Å². The molecule has 0 radical (unpaired) electrons. The quantitative estimate of drug-likeness (QED) is 0.705. The van der Waals surface area contributed by atoms with E-state index in [1.54, 1.807) is 18.2 Å². The molecule has 1 aromatic heterocycles. The normalized spacial score (nSPS) is 16.0. The van der Waals surface area contributed by atoms with E-state index in [-0.39, 0.29) is 11.3 Å². The summed E-state index contributed by atoms with van der Waals surface area (Å²) in [5, 5.41) is 14.9. The lowest BCUT2D eigenvalue weighted by Gasteiger charge is -2.32. The maximum absolute atomic E-state index is 12.4. The molecule has 1 heterocycles. The number of furan rings is 1. The SMILES string of the molecule is C[C@@H](OC(=O)c1ccc(NC(=O)c2ccco2)cc1)C(=O)NC1(C#N)CCCCC1. The first-order chi connectivity index (χ1) is 14.4. The maximum atomic E-state index is 12.4. The molecule has 0 saturated heterocycles. The van der Waals surface area contributed by atoms with Gasteiger partial charge in [-0.05, 0) is 56.2 Å². The van der Waals surface area contributed by atoms with Crippen molar-refractivity contribution in [2.45, 2.75) is 50.7 Å². The topological polar surface area (TPSA) is 121 Å². The third kappa shape index (κ3) is 5.06. The van der Waals surface area contributed by atoms with Gasteiger partial charge >= 0.3 is 5.97 Å². The number of ether oxygens (including phenoxy) is 1. The average molecular weight is 409 g/mol. The Hall–Kier alpha value is -3.60. The Morgan fingerprint density at radius 3 is 2.43 bits per heavy atom. The number of anilines is 1. The molecule has 2 N–H and O–H groups in total. The molecule has 1 atom stereocenters. The molecule has 0 bridgehead atoms. The van der Waals surface area contributed by atoms with Crippen molar-refractivity contribution in [2.75, 3.05) is 5.32 Å². The highest BCUT2D eigenvalue weighted by atomic mass is 16.5. The summed E-state index contributed by atoms with van der Waals surface area (Å²) in [6, 6.07) is 11.4. The van der Waals surface area contributed by atoms with Gasteiger partial charge in [0.25, 0.3) is 11.8 Å². The predicted molar refractivity (Wildman–Crippen MR) is 108 cm³/mol. The molecule has 3 rings (SSSR count). The van der Waals surface area contributed by atoms with E-state index in [0.29, 0.717) is 18.5 Å². The summed E-state index contributed by atoms with van der Waals surface area (Å²) in [7, 11) is 0. The maximum Gasteiger partial charge on any atom is 0.338 e. The van der Waals surface area contributed by atoms with E-state index in [9.17, 15) is 19.6 Å². The Kier molecular flexibility index (Phi) is 6.52. The monoisotopic (exact) mass is 409 g/mol. The second kappa shape index (κ2) is 9.27. The summed E-state index contributed by atoms with van der Waals surface area (Å²) >= 11 is 0. The summed E-state index contributed by atoms with van der Waals surface area (Å²) in [6.07, 6.45) is 4.36. The van der Waals surface area contributed by atoms with Gasteiger partial charge in [0.2, 0.25) is 0 Å². The summed E-state index contributed by atoms with van der Waals surface area (Å²) in [4.78, 5) is 36.8. The van der Waals surface area contributed by atoms with Crippen LogP contribution in [-0.4, -0.2) is 29.4 Å². The number of hydrogen-bond donors (Lipinski definition) is 2. The fourth-order valence-electron chi connectivity index (χ4n) is 3.33. The van der Waals surface area contributed by atoms with Gasteiger partial charge in [-0.3, -0.25) is 9.59 Å². The molecule has 8 nitrogen and oxygen atoms in total. The van der Waals surface area contributed by atoms with Crippen molar-refractivity contribution >= 4 is 23.5 Å². The van der Waals surface area contributed by atoms with Gasteiger partial charge in [0.15, 0.2) is 11.9 Å². The molecule has 2 aromatic rings. The highest BCUT2D eigenvalue weighted by Crippen LogP contribution is 2.27. The zero-order valence-corrected chi connectivity index (χ0v) is 16.6. The molecule has 8 heteroatoms. The molecule has 30 heavy (non-hydrogen) atoms. The van der Waals surface area contributed by atoms with Crippen molar-refractivity contribution in [1.29, 1.82) is 5.26 Å². The van der Waals surface area contributed by atoms with Crippen molar-refractivity contribution in [2.24, 2.45) is 0 Å². The zero-order chi connectivity index (χ0) is 21.6. The highest BCUT2D eigenvalue weighted by molar-refractivity contribution is 6.02. The van der Waals surface area contributed by atoms with Crippen molar-refractivity contribution in [3.05, 3.63) is 54.0 Å². The van der Waals surface area contributed by atoms with Crippen LogP contribution in [0, 0.1) is 11.3 Å². The van der Waals surface area contributed by atoms with Crippen LogP contribution in [0.4, 0.5) is 5.69 Å². The smallest absolute Gasteiger partial charge is 0.338 e. The van der Waals surface area contributed by atoms with E-state index in [2.05, 4.69) is 16.7 Å². The predicted octanol–water partition coefficient (Wildman–Crippen LogP) is 3.42. The Balaban J connectivity index is 1.55. The number of carbonyl (C=O) groups excluding carboxylic acids is 3. The molecule has 0 spiro atoms. The summed E-state index contributed by atoms with van der Waals surface area (Å²) in [6.45, 7) is 1.47. The Morgan fingerprint density at radius 1 is 1.13 bits per heavy atom. The van der Waals surface area contributed by atoms with Crippen molar-refractivity contribution in [3.63, 3.8) is 0 Å². The molecule has 1 saturated carbocycles. The fraction of sp³-hybridized carbons (Fsp3) is 0.364. The number of nitrogens with zero attached hydrogens (tertiary/aromatic N) is 1. The average Bonchev–Trinajstić information content (AvgIpc) is 3.30. The van der Waals surface area contributed by atoms with Crippen LogP contribution in [0.1, 0.15) is 59.9 Å². The van der Waals surface area contributed by atoms with Crippen LogP contribution in [0.3, 0.4) is 0 Å². The van der Waals surface area contributed by atoms with Crippen LogP contribution in [0.2, 0.25) is 0 Å². The first-order valence-electron chi connectivity index (χ1n) is 9.82. The van der Waals surface area contributed by atoms with E-state index in [4.69, 9.17) is 9.15 Å². The Labute approximate surface area is 174 Å². The summed E-state index contributed by atoms with van der Waals surface area (Å²) in [5.74, 6) is -1.40. The van der Waals surface area contributed by atoms with Gasteiger partial charge in [0.05, 0.1) is 17.9 Å². The first kappa shape index (κ1) is 21.1. The van der Waals surface area contributed by atoms with Crippen LogP contribution in [-0.2, 0) is 9.53 Å². The third-order valence-corrected chi connectivity index (χ3v) is 5.06. The van der Waals surface area contributed by atoms with Gasteiger partial charge in [0.1, 0.15) is 5.54 Å². The molecule has 0 aliphatic heterocycles. The van der Waals surface area contributed by atoms with Gasteiger partial charge in [0, 0.05) is 5.69 Å². The molecule has 1 aliphatic carbocycles. The minimum Gasteiger partial charge on any atom is -0.459 e. The van der Waals surface area contributed by atoms with Crippen LogP contribution in [0.25, 0.3) is 0 Å². The zero-order valence-electron chi connectivity index (χ0n) is 16.6. The standard InChI is InChI=1S/C22H23N3O5/c1-15(19(26)25-22(14-23)11-3-2-4-12-22)30-21(28)16-7-9-17(10-8-16)24-20(27)18-6-5-13-29-18/h5-10,13,15H,2-4,11-12H2,1H3,(H,24,27)(H,25,26)/t15-/m1/s1. The molecular formula is C22H23N3O5. The van der Waals surface area contributed by atoms with Crippen molar-refractivity contribution < 1.29 is 23.5 Å². The van der Waals surface area contributed by atoms with Crippen molar-refractivity contribution in [1.82, 2.24) is 5.32 Å². The minimum atomic E-state index is -1.04. The van der Waals surface area contributed by atoms with E-state index in [0.717, 1.165) is 19.3 Å². The molecule has 1 fully saturated rings. The highest BCUT2D eigenvalue weighted by Gasteiger charge is 2.35. The number of amides is 2. The number of nitriles is 1. The largest absolute Gasteiger partial charge is 0.459 e. The second-order valence-electron chi connectivity index (χ2n) is 7.30.